The van der Waals surface area contributed by atoms with Crippen LogP contribution in [0.25, 0.3) is 10.9 Å². The van der Waals surface area contributed by atoms with Gasteiger partial charge < -0.3 is 10.3 Å². The third-order valence-electron chi connectivity index (χ3n) is 4.26. The summed E-state index contributed by atoms with van der Waals surface area (Å²) in [6, 6.07) is 14.0. The molecule has 1 heterocycles. The summed E-state index contributed by atoms with van der Waals surface area (Å²) in [6.45, 7) is 3.88. The summed E-state index contributed by atoms with van der Waals surface area (Å²) in [4.78, 5) is 27.4. The summed E-state index contributed by atoms with van der Waals surface area (Å²) in [5.41, 5.74) is 3.74. The molecule has 5 heteroatoms. The monoisotopic (exact) mass is 331 g/mol. The van der Waals surface area contributed by atoms with Crippen LogP contribution in [0.3, 0.4) is 0 Å². The van der Waals surface area contributed by atoms with E-state index in [9.17, 15) is 9.59 Å². The fraction of sp³-hybridized carbons (Fsp3) is 0.150. The van der Waals surface area contributed by atoms with Gasteiger partial charge in [-0.1, -0.05) is 19.1 Å². The second kappa shape index (κ2) is 6.62. The number of aryl methyl sites for hydroxylation is 1. The summed E-state index contributed by atoms with van der Waals surface area (Å²) >= 11 is 0. The van der Waals surface area contributed by atoms with Crippen molar-refractivity contribution in [2.45, 2.75) is 20.3 Å². The number of hydrogen-bond acceptors (Lipinski definition) is 3. The van der Waals surface area contributed by atoms with E-state index in [1.807, 2.05) is 26.0 Å². The number of anilines is 1. The minimum Gasteiger partial charge on any atom is -0.322 e. The number of aromatic nitrogens is 1. The van der Waals surface area contributed by atoms with Gasteiger partial charge in [0.15, 0.2) is 0 Å². The van der Waals surface area contributed by atoms with Gasteiger partial charge >= 0.3 is 0 Å². The quantitative estimate of drug-likeness (QED) is 0.770. The molecule has 0 aliphatic carbocycles. The van der Waals surface area contributed by atoms with Crippen LogP contribution in [-0.4, -0.2) is 10.9 Å². The van der Waals surface area contributed by atoms with Gasteiger partial charge in [-0.25, -0.2) is 0 Å². The molecule has 25 heavy (non-hydrogen) atoms. The van der Waals surface area contributed by atoms with E-state index in [-0.39, 0.29) is 11.5 Å². The standard InChI is InChI=1S/C20H17N3O2/c1-3-16-12(2)17-8-7-15(10-18(17)23-20(16)25)22-19(24)14-6-4-5-13(9-14)11-21/h4-10H,3H2,1-2H3,(H,22,24)(H,23,25). The second-order valence-corrected chi connectivity index (χ2v) is 5.82. The Kier molecular flexibility index (Phi) is 4.36. The van der Waals surface area contributed by atoms with E-state index in [0.29, 0.717) is 28.8 Å². The van der Waals surface area contributed by atoms with E-state index in [2.05, 4.69) is 10.3 Å². The van der Waals surface area contributed by atoms with Crippen LogP contribution in [-0.2, 0) is 6.42 Å². The van der Waals surface area contributed by atoms with Gasteiger partial charge in [0.05, 0.1) is 17.1 Å². The molecule has 5 nitrogen and oxygen atoms in total. The number of carbonyl (C=O) groups excluding carboxylic acids is 1. The molecule has 0 radical (unpaired) electrons. The summed E-state index contributed by atoms with van der Waals surface area (Å²) in [7, 11) is 0. The molecule has 1 amide bonds. The SMILES string of the molecule is CCc1c(C)c2ccc(NC(=O)c3cccc(C#N)c3)cc2[nH]c1=O. The Morgan fingerprint density at radius 2 is 2.04 bits per heavy atom. The fourth-order valence-electron chi connectivity index (χ4n) is 2.94. The highest BCUT2D eigenvalue weighted by atomic mass is 16.1. The first kappa shape index (κ1) is 16.5. The number of fused-ring (bicyclic) bond motifs is 1. The second-order valence-electron chi connectivity index (χ2n) is 5.82. The van der Waals surface area contributed by atoms with Crippen molar-refractivity contribution in [1.29, 1.82) is 5.26 Å². The summed E-state index contributed by atoms with van der Waals surface area (Å²) in [6.07, 6.45) is 0.671. The zero-order valence-electron chi connectivity index (χ0n) is 14.0. The zero-order chi connectivity index (χ0) is 18.0. The Labute approximate surface area is 144 Å². The molecule has 124 valence electrons. The zero-order valence-corrected chi connectivity index (χ0v) is 14.0. The van der Waals surface area contributed by atoms with Crippen LogP contribution in [0.1, 0.15) is 34.0 Å². The highest BCUT2D eigenvalue weighted by molar-refractivity contribution is 6.05. The molecule has 0 fully saturated rings. The van der Waals surface area contributed by atoms with Crippen LogP contribution >= 0.6 is 0 Å². The predicted octanol–water partition coefficient (Wildman–Crippen LogP) is 3.52. The van der Waals surface area contributed by atoms with E-state index in [4.69, 9.17) is 5.26 Å². The number of nitrogens with zero attached hydrogens (tertiary/aromatic N) is 1. The number of benzene rings is 2. The molecule has 0 saturated heterocycles. The number of carbonyl (C=O) groups is 1. The van der Waals surface area contributed by atoms with Gasteiger partial charge in [0.2, 0.25) is 0 Å². The number of aromatic amines is 1. The van der Waals surface area contributed by atoms with Gasteiger partial charge in [-0.15, -0.1) is 0 Å². The van der Waals surface area contributed by atoms with Gasteiger partial charge in [0.1, 0.15) is 0 Å². The average Bonchev–Trinajstić information content (AvgIpc) is 2.62. The molecule has 0 unspecified atom stereocenters. The van der Waals surface area contributed by atoms with Gasteiger partial charge in [-0.3, -0.25) is 9.59 Å². The first-order chi connectivity index (χ1) is 12.0. The van der Waals surface area contributed by atoms with Crippen LogP contribution in [0.5, 0.6) is 0 Å². The van der Waals surface area contributed by atoms with E-state index < -0.39 is 0 Å². The van der Waals surface area contributed by atoms with E-state index in [1.165, 1.54) is 6.07 Å². The van der Waals surface area contributed by atoms with Crippen molar-refractivity contribution in [3.63, 3.8) is 0 Å². The molecule has 2 aromatic carbocycles. The molecule has 0 saturated carbocycles. The summed E-state index contributed by atoms with van der Waals surface area (Å²) in [5.74, 6) is -0.305. The summed E-state index contributed by atoms with van der Waals surface area (Å²) in [5, 5.41) is 12.7. The molecule has 0 spiro atoms. The number of amides is 1. The van der Waals surface area contributed by atoms with Gasteiger partial charge in [0.25, 0.3) is 11.5 Å². The summed E-state index contributed by atoms with van der Waals surface area (Å²) < 4.78 is 0. The van der Waals surface area contributed by atoms with Gasteiger partial charge in [0, 0.05) is 22.2 Å². The van der Waals surface area contributed by atoms with Crippen LogP contribution < -0.4 is 10.9 Å². The van der Waals surface area contributed by atoms with Crippen molar-refractivity contribution < 1.29 is 4.79 Å². The lowest BCUT2D eigenvalue weighted by Crippen LogP contribution is -2.15. The first-order valence-corrected chi connectivity index (χ1v) is 8.00. The van der Waals surface area contributed by atoms with Crippen molar-refractivity contribution in [2.24, 2.45) is 0 Å². The van der Waals surface area contributed by atoms with Crippen molar-refractivity contribution >= 4 is 22.5 Å². The highest BCUT2D eigenvalue weighted by Crippen LogP contribution is 2.22. The van der Waals surface area contributed by atoms with Crippen LogP contribution in [0, 0.1) is 18.3 Å². The van der Waals surface area contributed by atoms with E-state index in [0.717, 1.165) is 16.5 Å². The average molecular weight is 331 g/mol. The number of rotatable bonds is 3. The van der Waals surface area contributed by atoms with Crippen molar-refractivity contribution in [3.8, 4) is 6.07 Å². The predicted molar refractivity (Wildman–Crippen MR) is 97.8 cm³/mol. The minimum atomic E-state index is -0.305. The number of hydrogen-bond donors (Lipinski definition) is 2. The Balaban J connectivity index is 1.96. The van der Waals surface area contributed by atoms with Crippen LogP contribution in [0.15, 0.2) is 47.3 Å². The number of nitrogens with one attached hydrogen (secondary N) is 2. The molecule has 0 atom stereocenters. The number of pyridine rings is 1. The first-order valence-electron chi connectivity index (χ1n) is 8.00. The molecule has 2 N–H and O–H groups in total. The third kappa shape index (κ3) is 3.15. The molecule has 3 aromatic rings. The van der Waals surface area contributed by atoms with Gasteiger partial charge in [-0.05, 0) is 49.2 Å². The molecule has 0 aliphatic rings. The lowest BCUT2D eigenvalue weighted by Gasteiger charge is -2.10. The van der Waals surface area contributed by atoms with Gasteiger partial charge in [-0.2, -0.15) is 5.26 Å². The maximum absolute atomic E-state index is 12.4. The highest BCUT2D eigenvalue weighted by Gasteiger charge is 2.10. The molecular formula is C20H17N3O2. The van der Waals surface area contributed by atoms with Crippen molar-refractivity contribution in [2.75, 3.05) is 5.32 Å². The number of nitriles is 1. The topological polar surface area (TPSA) is 85.8 Å². The molecule has 3 rings (SSSR count). The van der Waals surface area contributed by atoms with Crippen molar-refractivity contribution in [1.82, 2.24) is 4.98 Å². The molecular weight excluding hydrogens is 314 g/mol. The van der Waals surface area contributed by atoms with Crippen LogP contribution in [0.4, 0.5) is 5.69 Å². The van der Waals surface area contributed by atoms with E-state index >= 15 is 0 Å². The molecule has 0 aliphatic heterocycles. The minimum absolute atomic E-state index is 0.0994. The molecule has 1 aromatic heterocycles. The number of H-pyrrole nitrogens is 1. The maximum atomic E-state index is 12.4. The Bertz CT molecular complexity index is 1070. The molecule has 0 bridgehead atoms. The maximum Gasteiger partial charge on any atom is 0.255 e. The van der Waals surface area contributed by atoms with Crippen molar-refractivity contribution in [3.05, 3.63) is 75.1 Å². The largest absolute Gasteiger partial charge is 0.322 e. The Morgan fingerprint density at radius 1 is 1.24 bits per heavy atom. The fourth-order valence-corrected chi connectivity index (χ4v) is 2.94. The van der Waals surface area contributed by atoms with E-state index in [1.54, 1.807) is 30.3 Å². The Morgan fingerprint density at radius 3 is 2.76 bits per heavy atom. The normalized spacial score (nSPS) is 10.4. The lowest BCUT2D eigenvalue weighted by atomic mass is 10.0. The lowest BCUT2D eigenvalue weighted by molar-refractivity contribution is 0.102. The third-order valence-corrected chi connectivity index (χ3v) is 4.26. The van der Waals surface area contributed by atoms with Crippen LogP contribution in [0.2, 0.25) is 0 Å². The Hall–Kier alpha value is -3.39. The smallest absolute Gasteiger partial charge is 0.255 e.